The number of thioether (sulfide) groups is 1. The Kier molecular flexibility index (Phi) is 4.78. The summed E-state index contributed by atoms with van der Waals surface area (Å²) in [6.07, 6.45) is 2.35. The highest BCUT2D eigenvalue weighted by molar-refractivity contribution is 9.11. The van der Waals surface area contributed by atoms with Gasteiger partial charge < -0.3 is 5.11 Å². The van der Waals surface area contributed by atoms with E-state index in [0.717, 1.165) is 32.7 Å². The van der Waals surface area contributed by atoms with Crippen LogP contribution in [0.5, 0.6) is 0 Å². The van der Waals surface area contributed by atoms with Crippen molar-refractivity contribution in [2.75, 3.05) is 0 Å². The molecule has 0 aliphatic carbocycles. The van der Waals surface area contributed by atoms with Crippen LogP contribution in [0.25, 0.3) is 6.08 Å². The normalized spacial score (nSPS) is 11.8. The Balaban J connectivity index is 2.21. The summed E-state index contributed by atoms with van der Waals surface area (Å²) in [5.74, 6) is -0.247. The zero-order valence-electron chi connectivity index (χ0n) is 9.88. The first kappa shape index (κ1) is 14.3. The molecule has 2 N–H and O–H groups in total. The van der Waals surface area contributed by atoms with Crippen LogP contribution in [-0.2, 0) is 11.2 Å². The van der Waals surface area contributed by atoms with Gasteiger partial charge in [-0.2, -0.15) is 0 Å². The van der Waals surface area contributed by atoms with Gasteiger partial charge in [0.15, 0.2) is 0 Å². The zero-order valence-corrected chi connectivity index (χ0v) is 13.1. The highest BCUT2D eigenvalue weighted by Gasteiger charge is 2.13. The minimum Gasteiger partial charge on any atom is -0.477 e. The summed E-state index contributed by atoms with van der Waals surface area (Å²) in [6.45, 7) is 1.95. The van der Waals surface area contributed by atoms with E-state index >= 15 is 0 Å². The van der Waals surface area contributed by atoms with Crippen molar-refractivity contribution in [3.8, 4) is 0 Å². The molecule has 0 fully saturated rings. The maximum Gasteiger partial charge on any atom is 0.342 e. The van der Waals surface area contributed by atoms with Crippen molar-refractivity contribution >= 4 is 51.1 Å². The second-order valence-corrected chi connectivity index (χ2v) is 6.98. The van der Waals surface area contributed by atoms with Crippen LogP contribution in [0.1, 0.15) is 17.6 Å². The smallest absolute Gasteiger partial charge is 0.342 e. The number of aromatic nitrogens is 3. The molecule has 0 saturated carbocycles. The molecule has 19 heavy (non-hydrogen) atoms. The fourth-order valence-electron chi connectivity index (χ4n) is 1.25. The van der Waals surface area contributed by atoms with E-state index < -0.39 is 5.97 Å². The molecule has 2 rings (SSSR count). The molecule has 0 saturated heterocycles. The fraction of sp³-hybridized carbons (Fsp3) is 0.182. The third-order valence-electron chi connectivity index (χ3n) is 2.13. The van der Waals surface area contributed by atoms with Crippen LogP contribution in [-0.4, -0.2) is 26.3 Å². The predicted octanol–water partition coefficient (Wildman–Crippen LogP) is 3.41. The number of carboxylic acids is 1. The molecule has 2 heterocycles. The van der Waals surface area contributed by atoms with Crippen LogP contribution in [0, 0.1) is 0 Å². The lowest BCUT2D eigenvalue weighted by Crippen LogP contribution is -1.96. The van der Waals surface area contributed by atoms with E-state index in [1.54, 1.807) is 6.08 Å². The number of carboxylic acid groups (broad SMARTS) is 1. The number of hydrogen-bond donors (Lipinski definition) is 2. The Morgan fingerprint density at radius 3 is 2.95 bits per heavy atom. The van der Waals surface area contributed by atoms with Crippen LogP contribution in [0.3, 0.4) is 0 Å². The number of nitrogens with one attached hydrogen (secondary N) is 1. The van der Waals surface area contributed by atoms with Crippen molar-refractivity contribution < 1.29 is 9.90 Å². The topological polar surface area (TPSA) is 78.9 Å². The zero-order chi connectivity index (χ0) is 13.8. The van der Waals surface area contributed by atoms with Crippen molar-refractivity contribution in [3.63, 3.8) is 0 Å². The van der Waals surface area contributed by atoms with Gasteiger partial charge in [-0.15, -0.1) is 16.4 Å². The Morgan fingerprint density at radius 2 is 2.42 bits per heavy atom. The molecule has 0 aromatic carbocycles. The summed E-state index contributed by atoms with van der Waals surface area (Å²) in [4.78, 5) is 16.5. The second kappa shape index (κ2) is 6.36. The third-order valence-corrected chi connectivity index (χ3v) is 4.57. The van der Waals surface area contributed by atoms with E-state index in [9.17, 15) is 9.90 Å². The van der Waals surface area contributed by atoms with E-state index in [1.165, 1.54) is 11.3 Å². The molecule has 0 radical (unpaired) electrons. The summed E-state index contributed by atoms with van der Waals surface area (Å²) < 4.78 is 0.958. The van der Waals surface area contributed by atoms with E-state index in [-0.39, 0.29) is 4.91 Å². The molecule has 0 amide bonds. The Labute approximate surface area is 126 Å². The number of aryl methyl sites for hydroxylation is 1. The molecule has 0 bridgehead atoms. The number of halogens is 1. The first-order chi connectivity index (χ1) is 9.08. The maximum absolute atomic E-state index is 11.2. The number of hydrogen-bond acceptors (Lipinski definition) is 5. The lowest BCUT2D eigenvalue weighted by molar-refractivity contribution is -0.131. The molecule has 8 heteroatoms. The van der Waals surface area contributed by atoms with Gasteiger partial charge in [0.2, 0.25) is 5.16 Å². The van der Waals surface area contributed by atoms with Crippen LogP contribution < -0.4 is 0 Å². The van der Waals surface area contributed by atoms with E-state index in [1.807, 2.05) is 19.1 Å². The Hall–Kier alpha value is -1.12. The predicted molar refractivity (Wildman–Crippen MR) is 79.2 cm³/mol. The van der Waals surface area contributed by atoms with Gasteiger partial charge in [-0.3, -0.25) is 5.10 Å². The van der Waals surface area contributed by atoms with Gasteiger partial charge in [0.25, 0.3) is 0 Å². The van der Waals surface area contributed by atoms with E-state index in [2.05, 4.69) is 31.1 Å². The monoisotopic (exact) mass is 359 g/mol. The second-order valence-electron chi connectivity index (χ2n) is 3.48. The minimum atomic E-state index is -0.989. The van der Waals surface area contributed by atoms with Gasteiger partial charge in [-0.05, 0) is 45.9 Å². The Morgan fingerprint density at radius 1 is 1.63 bits per heavy atom. The van der Waals surface area contributed by atoms with Gasteiger partial charge in [-0.25, -0.2) is 9.78 Å². The molecule has 5 nitrogen and oxygen atoms in total. The molecule has 0 aliphatic rings. The highest BCUT2D eigenvalue weighted by Crippen LogP contribution is 2.29. The molecule has 100 valence electrons. The lowest BCUT2D eigenvalue weighted by atomic mass is 10.4. The molecule has 2 aromatic rings. The molecule has 0 aliphatic heterocycles. The first-order valence-corrected chi connectivity index (χ1v) is 7.80. The number of thiophene rings is 1. The summed E-state index contributed by atoms with van der Waals surface area (Å²) in [7, 11) is 0. The van der Waals surface area contributed by atoms with Crippen molar-refractivity contribution in [2.24, 2.45) is 0 Å². The van der Waals surface area contributed by atoms with Crippen molar-refractivity contribution in [1.82, 2.24) is 15.2 Å². The van der Waals surface area contributed by atoms with Gasteiger partial charge in [-0.1, -0.05) is 6.92 Å². The SMILES string of the molecule is CCc1nc(S/C(=C/c2ccc(Br)s2)C(=O)O)n[nH]1. The number of H-pyrrole nitrogens is 1. The Bertz CT molecular complexity index is 621. The number of rotatable bonds is 5. The lowest BCUT2D eigenvalue weighted by Gasteiger charge is -1.97. The van der Waals surface area contributed by atoms with E-state index in [4.69, 9.17) is 0 Å². The van der Waals surface area contributed by atoms with Crippen LogP contribution in [0.15, 0.2) is 26.0 Å². The maximum atomic E-state index is 11.2. The van der Waals surface area contributed by atoms with Crippen molar-refractivity contribution in [1.29, 1.82) is 0 Å². The molecule has 2 aromatic heterocycles. The average Bonchev–Trinajstić information content (AvgIpc) is 2.97. The number of carbonyl (C=O) groups is 1. The van der Waals surface area contributed by atoms with Crippen LogP contribution in [0.2, 0.25) is 0 Å². The summed E-state index contributed by atoms with van der Waals surface area (Å²) in [5.41, 5.74) is 0. The highest BCUT2D eigenvalue weighted by atomic mass is 79.9. The van der Waals surface area contributed by atoms with Gasteiger partial charge in [0, 0.05) is 11.3 Å². The number of aromatic amines is 1. The first-order valence-electron chi connectivity index (χ1n) is 5.38. The standard InChI is InChI=1S/C11H10BrN3O2S2/c1-2-9-13-11(15-14-9)19-7(10(16)17)5-6-3-4-8(12)18-6/h3-5H,2H2,1H3,(H,16,17)(H,13,14,15)/b7-5+. The molecule has 0 atom stereocenters. The average molecular weight is 360 g/mol. The number of nitrogens with zero attached hydrogens (tertiary/aromatic N) is 2. The van der Waals surface area contributed by atoms with Gasteiger partial charge in [0.05, 0.1) is 3.79 Å². The van der Waals surface area contributed by atoms with Crippen molar-refractivity contribution in [3.05, 3.63) is 31.5 Å². The summed E-state index contributed by atoms with van der Waals surface area (Å²) in [6, 6.07) is 3.73. The number of aliphatic carboxylic acids is 1. The molecular weight excluding hydrogens is 350 g/mol. The minimum absolute atomic E-state index is 0.191. The largest absolute Gasteiger partial charge is 0.477 e. The summed E-state index contributed by atoms with van der Waals surface area (Å²) >= 11 is 5.85. The molecule has 0 unspecified atom stereocenters. The van der Waals surface area contributed by atoms with Gasteiger partial charge in [0.1, 0.15) is 10.7 Å². The van der Waals surface area contributed by atoms with Crippen LogP contribution in [0.4, 0.5) is 0 Å². The third kappa shape index (κ3) is 3.92. The molecule has 0 spiro atoms. The summed E-state index contributed by atoms with van der Waals surface area (Å²) in [5, 5.41) is 16.4. The van der Waals surface area contributed by atoms with Gasteiger partial charge >= 0.3 is 5.97 Å². The van der Waals surface area contributed by atoms with Crippen LogP contribution >= 0.6 is 39.0 Å². The molecular formula is C11H10BrN3O2S2. The van der Waals surface area contributed by atoms with E-state index in [0.29, 0.717) is 5.16 Å². The fourth-order valence-corrected chi connectivity index (χ4v) is 3.41. The quantitative estimate of drug-likeness (QED) is 0.631. The van der Waals surface area contributed by atoms with Crippen molar-refractivity contribution in [2.45, 2.75) is 18.5 Å².